The van der Waals surface area contributed by atoms with Crippen molar-refractivity contribution in [2.24, 2.45) is 11.8 Å². The topological polar surface area (TPSA) is 109 Å². The quantitative estimate of drug-likeness (QED) is 0.321. The van der Waals surface area contributed by atoms with Gasteiger partial charge in [0, 0.05) is 37.6 Å². The smallest absolute Gasteiger partial charge is 0.253 e. The Morgan fingerprint density at radius 1 is 0.822 bits per heavy atom. The van der Waals surface area contributed by atoms with E-state index in [1.54, 1.807) is 33.9 Å². The van der Waals surface area contributed by atoms with Crippen molar-refractivity contribution in [2.75, 3.05) is 49.8 Å². The van der Waals surface area contributed by atoms with Crippen molar-refractivity contribution in [3.63, 3.8) is 0 Å². The van der Waals surface area contributed by atoms with E-state index in [0.717, 1.165) is 0 Å². The maximum atomic E-state index is 14.7. The minimum Gasteiger partial charge on any atom is -0.497 e. The summed E-state index contributed by atoms with van der Waals surface area (Å²) in [5, 5.41) is 9.51. The van der Waals surface area contributed by atoms with Crippen LogP contribution in [0.3, 0.4) is 0 Å². The summed E-state index contributed by atoms with van der Waals surface area (Å²) in [6, 6.07) is 13.6. The molecule has 3 amide bonds. The van der Waals surface area contributed by atoms with Gasteiger partial charge in [-0.05, 0) is 74.7 Å². The molecule has 4 heterocycles. The summed E-state index contributed by atoms with van der Waals surface area (Å²) in [6.07, 6.45) is 9.05. The molecule has 10 heteroatoms. The molecule has 2 aromatic rings. The number of aliphatic hydroxyl groups is 1. The molecule has 0 aliphatic carbocycles. The van der Waals surface area contributed by atoms with Crippen LogP contribution in [0.2, 0.25) is 0 Å². The van der Waals surface area contributed by atoms with Gasteiger partial charge in [0.05, 0.1) is 31.2 Å². The number of carbonyl (C=O) groups is 3. The number of benzene rings is 2. The highest BCUT2D eigenvalue weighted by Gasteiger charge is 2.75. The van der Waals surface area contributed by atoms with Crippen molar-refractivity contribution in [2.45, 2.75) is 50.4 Å². The van der Waals surface area contributed by atoms with Crippen LogP contribution in [0.15, 0.2) is 72.8 Å². The lowest BCUT2D eigenvalue weighted by atomic mass is 9.73. The van der Waals surface area contributed by atoms with Crippen LogP contribution in [0, 0.1) is 11.8 Å². The number of anilines is 2. The highest BCUT2D eigenvalue weighted by atomic mass is 16.5. The third kappa shape index (κ3) is 5.00. The summed E-state index contributed by atoms with van der Waals surface area (Å²) in [7, 11) is 1.59. The lowest BCUT2D eigenvalue weighted by Crippen LogP contribution is -2.56. The number of rotatable bonds is 10. The molecular weight excluding hydrogens is 574 g/mol. The third-order valence-corrected chi connectivity index (χ3v) is 9.59. The molecule has 0 aromatic heterocycles. The van der Waals surface area contributed by atoms with Gasteiger partial charge in [-0.2, -0.15) is 0 Å². The molecule has 2 aromatic carbocycles. The van der Waals surface area contributed by atoms with Gasteiger partial charge in [0.2, 0.25) is 11.8 Å². The van der Waals surface area contributed by atoms with E-state index in [4.69, 9.17) is 14.2 Å². The van der Waals surface area contributed by atoms with Gasteiger partial charge in [-0.25, -0.2) is 0 Å². The minimum atomic E-state index is -1.35. The average molecular weight is 616 g/mol. The van der Waals surface area contributed by atoms with Crippen molar-refractivity contribution in [1.29, 1.82) is 0 Å². The van der Waals surface area contributed by atoms with Crippen LogP contribution in [-0.4, -0.2) is 84.9 Å². The summed E-state index contributed by atoms with van der Waals surface area (Å²) in [5.41, 5.74) is -1.06. The fraction of sp³-hybridized carbons (Fsp3) is 0.457. The second kappa shape index (κ2) is 12.3. The van der Waals surface area contributed by atoms with Crippen LogP contribution >= 0.6 is 0 Å². The summed E-state index contributed by atoms with van der Waals surface area (Å²) in [6.45, 7) is 5.26. The Hall–Kier alpha value is -4.15. The fourth-order valence-electron chi connectivity index (χ4n) is 7.51. The maximum absolute atomic E-state index is 14.7. The van der Waals surface area contributed by atoms with Crippen LogP contribution in [0.25, 0.3) is 0 Å². The van der Waals surface area contributed by atoms with Crippen LogP contribution in [0.1, 0.15) is 33.1 Å². The number of carbonyl (C=O) groups excluding carboxylic acids is 3. The zero-order valence-corrected chi connectivity index (χ0v) is 26.1. The molecule has 2 fully saturated rings. The number of unbranched alkanes of at least 4 members (excludes halogenated alkanes) is 1. The summed E-state index contributed by atoms with van der Waals surface area (Å²) >= 11 is 0. The van der Waals surface area contributed by atoms with E-state index in [1.807, 2.05) is 74.5 Å². The maximum Gasteiger partial charge on any atom is 0.253 e. The molecule has 45 heavy (non-hydrogen) atoms. The van der Waals surface area contributed by atoms with Crippen molar-refractivity contribution >= 4 is 29.1 Å². The molecule has 0 saturated carbocycles. The number of amides is 3. The molecule has 5 atom stereocenters. The number of hydrogen-bond acceptors (Lipinski definition) is 7. The van der Waals surface area contributed by atoms with E-state index in [1.165, 1.54) is 0 Å². The van der Waals surface area contributed by atoms with Crippen molar-refractivity contribution in [3.05, 3.63) is 72.8 Å². The molecule has 238 valence electrons. The standard InChI is InChI=1S/C35H41N3O7/c1-4-34-18-8-21-36(24-12-16-27(17-13-24)44-5-2)31(40)28(34)29-32(41)38(20-6-7-23-39)30-33(42)37(22-9-19-35(29,30)45-34)25-10-14-26(43-3)15-11-25/h8-19,28-30,39H,4-7,20-23H2,1-3H3/t28-,29-,30?,34+,35-/m0/s1. The second-order valence-electron chi connectivity index (χ2n) is 11.9. The molecule has 4 aliphatic rings. The molecule has 0 radical (unpaired) electrons. The SMILES string of the molecule is CCOc1ccc(N2CC=C[C@@]3(CC)O[C@]45C=CCN(c6ccc(OC)cc6)C(=O)C4N(CCCCO)C(=O)[C@@H]5[C@H]3C2=O)cc1. The number of nitrogens with zero attached hydrogens (tertiary/aromatic N) is 3. The number of hydrogen-bond donors (Lipinski definition) is 1. The number of likely N-dealkylation sites (tertiary alicyclic amines) is 1. The average Bonchev–Trinajstić information content (AvgIpc) is 3.34. The number of methoxy groups -OCH3 is 1. The van der Waals surface area contributed by atoms with Crippen LogP contribution in [-0.2, 0) is 19.1 Å². The lowest BCUT2D eigenvalue weighted by Gasteiger charge is -2.38. The van der Waals surface area contributed by atoms with Crippen LogP contribution in [0.5, 0.6) is 11.5 Å². The van der Waals surface area contributed by atoms with Gasteiger partial charge < -0.3 is 34.0 Å². The first-order valence-corrected chi connectivity index (χ1v) is 15.8. The number of ether oxygens (including phenoxy) is 3. The molecule has 0 bridgehead atoms. The van der Waals surface area contributed by atoms with E-state index in [-0.39, 0.29) is 37.4 Å². The first-order chi connectivity index (χ1) is 21.8. The summed E-state index contributed by atoms with van der Waals surface area (Å²) in [5.74, 6) is -1.14. The number of fused-ring (bicyclic) bond motifs is 2. The lowest BCUT2D eigenvalue weighted by molar-refractivity contribution is -0.145. The summed E-state index contributed by atoms with van der Waals surface area (Å²) < 4.78 is 18.0. The number of aliphatic hydroxyl groups excluding tert-OH is 1. The Morgan fingerprint density at radius 2 is 1.44 bits per heavy atom. The predicted octanol–water partition coefficient (Wildman–Crippen LogP) is 3.73. The predicted molar refractivity (Wildman–Crippen MR) is 169 cm³/mol. The molecule has 2 saturated heterocycles. The molecule has 1 spiro atoms. The molecular formula is C35H41N3O7. The fourth-order valence-corrected chi connectivity index (χ4v) is 7.51. The van der Waals surface area contributed by atoms with E-state index in [0.29, 0.717) is 55.3 Å². The highest BCUT2D eigenvalue weighted by molar-refractivity contribution is 6.07. The van der Waals surface area contributed by atoms with Crippen molar-refractivity contribution in [1.82, 2.24) is 4.90 Å². The Morgan fingerprint density at radius 3 is 2.04 bits per heavy atom. The van der Waals surface area contributed by atoms with Gasteiger partial charge in [-0.1, -0.05) is 31.2 Å². The second-order valence-corrected chi connectivity index (χ2v) is 11.9. The molecule has 6 rings (SSSR count). The van der Waals surface area contributed by atoms with Crippen LogP contribution in [0.4, 0.5) is 11.4 Å². The van der Waals surface area contributed by atoms with Gasteiger partial charge in [-0.15, -0.1) is 0 Å². The normalized spacial score (nSPS) is 28.9. The van der Waals surface area contributed by atoms with E-state index in [2.05, 4.69) is 0 Å². The minimum absolute atomic E-state index is 0.0223. The Labute approximate surface area is 263 Å². The first kappa shape index (κ1) is 30.9. The monoisotopic (exact) mass is 615 g/mol. The molecule has 4 aliphatic heterocycles. The van der Waals surface area contributed by atoms with E-state index < -0.39 is 29.1 Å². The Balaban J connectivity index is 1.43. The van der Waals surface area contributed by atoms with Gasteiger partial charge in [-0.3, -0.25) is 14.4 Å². The third-order valence-electron chi connectivity index (χ3n) is 9.59. The van der Waals surface area contributed by atoms with E-state index in [9.17, 15) is 19.5 Å². The highest BCUT2D eigenvalue weighted by Crippen LogP contribution is 2.59. The first-order valence-electron chi connectivity index (χ1n) is 15.8. The van der Waals surface area contributed by atoms with Gasteiger partial charge in [0.15, 0.2) is 0 Å². The van der Waals surface area contributed by atoms with Crippen LogP contribution < -0.4 is 19.3 Å². The molecule has 1 N–H and O–H groups in total. The van der Waals surface area contributed by atoms with E-state index >= 15 is 0 Å². The summed E-state index contributed by atoms with van der Waals surface area (Å²) in [4.78, 5) is 48.9. The Bertz CT molecular complexity index is 1490. The van der Waals surface area contributed by atoms with Gasteiger partial charge in [0.25, 0.3) is 5.91 Å². The van der Waals surface area contributed by atoms with Gasteiger partial charge in [0.1, 0.15) is 23.1 Å². The largest absolute Gasteiger partial charge is 0.497 e. The van der Waals surface area contributed by atoms with Crippen molar-refractivity contribution in [3.8, 4) is 11.5 Å². The van der Waals surface area contributed by atoms with Gasteiger partial charge >= 0.3 is 0 Å². The van der Waals surface area contributed by atoms with Crippen molar-refractivity contribution < 1.29 is 33.7 Å². The zero-order valence-electron chi connectivity index (χ0n) is 26.1. The zero-order chi connectivity index (χ0) is 31.8. The molecule has 1 unspecified atom stereocenters. The molecule has 10 nitrogen and oxygen atoms in total. The Kier molecular flexibility index (Phi) is 8.45.